The fourth-order valence-electron chi connectivity index (χ4n) is 2.30. The molecule has 0 atom stereocenters. The molecule has 0 heterocycles. The first-order valence-corrected chi connectivity index (χ1v) is 5.77. The van der Waals surface area contributed by atoms with Gasteiger partial charge < -0.3 is 5.73 Å². The first-order chi connectivity index (χ1) is 7.61. The summed E-state index contributed by atoms with van der Waals surface area (Å²) >= 11 is 0. The molecule has 1 aromatic carbocycles. The van der Waals surface area contributed by atoms with Gasteiger partial charge in [0.05, 0.1) is 0 Å². The van der Waals surface area contributed by atoms with Gasteiger partial charge in [-0.15, -0.1) is 0 Å². The number of nitrogens with two attached hydrogens (primary N) is 1. The highest BCUT2D eigenvalue weighted by atomic mass is 19.3. The third kappa shape index (κ3) is 2.59. The molecule has 88 valence electrons. The van der Waals surface area contributed by atoms with Gasteiger partial charge in [-0.3, -0.25) is 0 Å². The van der Waals surface area contributed by atoms with Crippen molar-refractivity contribution in [3.63, 3.8) is 0 Å². The summed E-state index contributed by atoms with van der Waals surface area (Å²) in [4.78, 5) is 0. The Bertz CT molecular complexity index is 335. The molecule has 0 amide bonds. The summed E-state index contributed by atoms with van der Waals surface area (Å²) in [5, 5.41) is 0. The van der Waals surface area contributed by atoms with Crippen molar-refractivity contribution in [2.75, 3.05) is 0 Å². The number of benzene rings is 1. The van der Waals surface area contributed by atoms with Crippen LogP contribution in [0, 0.1) is 0 Å². The lowest BCUT2D eigenvalue weighted by Gasteiger charge is -2.28. The van der Waals surface area contributed by atoms with E-state index in [2.05, 4.69) is 0 Å². The van der Waals surface area contributed by atoms with E-state index in [-0.39, 0.29) is 12.8 Å². The van der Waals surface area contributed by atoms with Gasteiger partial charge in [0.25, 0.3) is 0 Å². The summed E-state index contributed by atoms with van der Waals surface area (Å²) in [6.45, 7) is 0.531. The van der Waals surface area contributed by atoms with E-state index >= 15 is 0 Å². The third-order valence-electron chi connectivity index (χ3n) is 3.40. The molecule has 3 heteroatoms. The molecule has 1 saturated carbocycles. The minimum absolute atomic E-state index is 0.0241. The molecule has 0 saturated heterocycles. The Morgan fingerprint density at radius 2 is 1.69 bits per heavy atom. The van der Waals surface area contributed by atoms with E-state index in [1.807, 2.05) is 24.3 Å². The molecule has 1 aromatic rings. The molecule has 1 aliphatic rings. The normalized spacial score (nSPS) is 20.9. The third-order valence-corrected chi connectivity index (χ3v) is 3.40. The Balaban J connectivity index is 2.03. The molecule has 1 fully saturated rings. The zero-order valence-corrected chi connectivity index (χ0v) is 9.26. The maximum atomic E-state index is 13.0. The van der Waals surface area contributed by atoms with Crippen LogP contribution in [-0.2, 0) is 6.54 Å². The second kappa shape index (κ2) is 4.50. The molecule has 1 nitrogen and oxygen atoms in total. The predicted octanol–water partition coefficient (Wildman–Crippen LogP) is 3.44. The number of alkyl halides is 2. The van der Waals surface area contributed by atoms with Crippen LogP contribution in [0.1, 0.15) is 42.7 Å². The van der Waals surface area contributed by atoms with Crippen molar-refractivity contribution in [1.82, 2.24) is 0 Å². The predicted molar refractivity (Wildman–Crippen MR) is 60.5 cm³/mol. The maximum Gasteiger partial charge on any atom is 0.248 e. The average Bonchev–Trinajstić information content (AvgIpc) is 2.29. The van der Waals surface area contributed by atoms with Crippen LogP contribution in [0.3, 0.4) is 0 Å². The van der Waals surface area contributed by atoms with Crippen LogP contribution in [0.15, 0.2) is 24.3 Å². The average molecular weight is 225 g/mol. The van der Waals surface area contributed by atoms with Gasteiger partial charge in [-0.25, -0.2) is 8.78 Å². The number of halogens is 2. The van der Waals surface area contributed by atoms with Crippen molar-refractivity contribution in [2.24, 2.45) is 5.73 Å². The molecule has 2 N–H and O–H groups in total. The summed E-state index contributed by atoms with van der Waals surface area (Å²) in [5.74, 6) is -2.14. The monoisotopic (exact) mass is 225 g/mol. The highest BCUT2D eigenvalue weighted by Gasteiger charge is 2.35. The summed E-state index contributed by atoms with van der Waals surface area (Å²) < 4.78 is 26.0. The first-order valence-electron chi connectivity index (χ1n) is 5.77. The zero-order valence-electron chi connectivity index (χ0n) is 9.26. The minimum atomic E-state index is -2.44. The summed E-state index contributed by atoms with van der Waals surface area (Å²) in [6.07, 6.45) is 1.23. The van der Waals surface area contributed by atoms with Crippen molar-refractivity contribution in [3.8, 4) is 0 Å². The summed E-state index contributed by atoms with van der Waals surface area (Å²) in [5.41, 5.74) is 7.78. The van der Waals surface area contributed by atoms with E-state index in [0.29, 0.717) is 25.3 Å². The highest BCUT2D eigenvalue weighted by molar-refractivity contribution is 5.25. The number of hydrogen-bond donors (Lipinski definition) is 1. The van der Waals surface area contributed by atoms with Gasteiger partial charge in [-0.1, -0.05) is 24.3 Å². The minimum Gasteiger partial charge on any atom is -0.326 e. The Morgan fingerprint density at radius 3 is 2.19 bits per heavy atom. The fourth-order valence-corrected chi connectivity index (χ4v) is 2.30. The summed E-state index contributed by atoms with van der Waals surface area (Å²) in [6, 6.07) is 8.02. The van der Waals surface area contributed by atoms with Crippen LogP contribution in [0.2, 0.25) is 0 Å². The maximum absolute atomic E-state index is 13.0. The van der Waals surface area contributed by atoms with Gasteiger partial charge in [0.2, 0.25) is 5.92 Å². The Labute approximate surface area is 94.7 Å². The van der Waals surface area contributed by atoms with Crippen LogP contribution in [-0.4, -0.2) is 5.92 Å². The van der Waals surface area contributed by atoms with E-state index < -0.39 is 5.92 Å². The van der Waals surface area contributed by atoms with E-state index in [9.17, 15) is 8.78 Å². The second-order valence-electron chi connectivity index (χ2n) is 4.58. The number of hydrogen-bond acceptors (Lipinski definition) is 1. The fraction of sp³-hybridized carbons (Fsp3) is 0.538. The topological polar surface area (TPSA) is 26.0 Å². The van der Waals surface area contributed by atoms with Crippen molar-refractivity contribution in [1.29, 1.82) is 0 Å². The van der Waals surface area contributed by atoms with Gasteiger partial charge in [-0.2, -0.15) is 0 Å². The molecule has 0 aromatic heterocycles. The molecule has 0 spiro atoms. The largest absolute Gasteiger partial charge is 0.326 e. The van der Waals surface area contributed by atoms with Crippen LogP contribution < -0.4 is 5.73 Å². The van der Waals surface area contributed by atoms with Crippen molar-refractivity contribution >= 4 is 0 Å². The number of rotatable bonds is 2. The van der Waals surface area contributed by atoms with Gasteiger partial charge in [-0.05, 0) is 29.9 Å². The molecule has 0 aliphatic heterocycles. The quantitative estimate of drug-likeness (QED) is 0.819. The van der Waals surface area contributed by atoms with Crippen LogP contribution in [0.4, 0.5) is 8.78 Å². The molecule has 0 unspecified atom stereocenters. The lowest BCUT2D eigenvalue weighted by atomic mass is 9.82. The Morgan fingerprint density at radius 1 is 1.12 bits per heavy atom. The Kier molecular flexibility index (Phi) is 3.24. The molecule has 1 aliphatic carbocycles. The highest BCUT2D eigenvalue weighted by Crippen LogP contribution is 2.40. The van der Waals surface area contributed by atoms with Crippen LogP contribution in [0.5, 0.6) is 0 Å². The molecular formula is C13H17F2N. The molecular weight excluding hydrogens is 208 g/mol. The smallest absolute Gasteiger partial charge is 0.248 e. The lowest BCUT2D eigenvalue weighted by molar-refractivity contribution is -0.0382. The molecule has 2 rings (SSSR count). The lowest BCUT2D eigenvalue weighted by Crippen LogP contribution is -2.23. The molecule has 0 bridgehead atoms. The van der Waals surface area contributed by atoms with Crippen LogP contribution >= 0.6 is 0 Å². The van der Waals surface area contributed by atoms with E-state index in [4.69, 9.17) is 5.73 Å². The Hall–Kier alpha value is -0.960. The summed E-state index contributed by atoms with van der Waals surface area (Å²) in [7, 11) is 0. The molecule has 0 radical (unpaired) electrons. The van der Waals surface area contributed by atoms with Crippen molar-refractivity contribution < 1.29 is 8.78 Å². The van der Waals surface area contributed by atoms with E-state index in [1.165, 1.54) is 5.56 Å². The van der Waals surface area contributed by atoms with Crippen molar-refractivity contribution in [2.45, 2.75) is 44.1 Å². The van der Waals surface area contributed by atoms with Gasteiger partial charge in [0.1, 0.15) is 0 Å². The van der Waals surface area contributed by atoms with E-state index in [1.54, 1.807) is 0 Å². The van der Waals surface area contributed by atoms with Crippen molar-refractivity contribution in [3.05, 3.63) is 35.4 Å². The second-order valence-corrected chi connectivity index (χ2v) is 4.58. The van der Waals surface area contributed by atoms with Crippen LogP contribution in [0.25, 0.3) is 0 Å². The van der Waals surface area contributed by atoms with Gasteiger partial charge in [0.15, 0.2) is 0 Å². The first kappa shape index (κ1) is 11.5. The van der Waals surface area contributed by atoms with Gasteiger partial charge in [0, 0.05) is 19.4 Å². The zero-order chi connectivity index (χ0) is 11.6. The van der Waals surface area contributed by atoms with Gasteiger partial charge >= 0.3 is 0 Å². The molecule has 16 heavy (non-hydrogen) atoms. The van der Waals surface area contributed by atoms with E-state index in [0.717, 1.165) is 5.56 Å². The SMILES string of the molecule is NCc1ccc(C2CCC(F)(F)CC2)cc1. The standard InChI is InChI=1S/C13H17F2N/c14-13(15)7-5-12(6-8-13)11-3-1-10(9-16)2-4-11/h1-4,12H,5-9,16H2.